The Morgan fingerprint density at radius 3 is 2.30 bits per heavy atom. The highest BCUT2D eigenvalue weighted by Gasteiger charge is 2.19. The van der Waals surface area contributed by atoms with Crippen molar-refractivity contribution >= 4 is 34.1 Å². The standard InChI is InChI=1S/C24H23N5O/c1-24(2,3)18-10-4-5-11-19(18)28-22(30)17-14-26-23(27-15-17)29-20-12-6-8-16-9-7-13-25-21(16)20/h4-15H,1-3H3,(H,28,30)(H,26,27,29). The zero-order chi connectivity index (χ0) is 21.1. The number of benzene rings is 2. The number of carbonyl (C=O) groups is 1. The molecule has 2 aromatic heterocycles. The van der Waals surface area contributed by atoms with Gasteiger partial charge in [-0.1, -0.05) is 57.2 Å². The summed E-state index contributed by atoms with van der Waals surface area (Å²) in [6.45, 7) is 6.34. The molecule has 0 unspecified atom stereocenters. The van der Waals surface area contributed by atoms with Crippen LogP contribution in [0.4, 0.5) is 17.3 Å². The minimum atomic E-state index is -0.245. The van der Waals surface area contributed by atoms with Crippen LogP contribution in [-0.4, -0.2) is 20.9 Å². The Balaban J connectivity index is 1.52. The lowest BCUT2D eigenvalue weighted by Gasteiger charge is -2.23. The largest absolute Gasteiger partial charge is 0.322 e. The van der Waals surface area contributed by atoms with Gasteiger partial charge in [0.1, 0.15) is 0 Å². The van der Waals surface area contributed by atoms with Gasteiger partial charge in [-0.2, -0.15) is 0 Å². The van der Waals surface area contributed by atoms with E-state index in [0.29, 0.717) is 11.5 Å². The molecule has 4 aromatic rings. The third kappa shape index (κ3) is 4.12. The molecule has 6 nitrogen and oxygen atoms in total. The van der Waals surface area contributed by atoms with Crippen molar-refractivity contribution < 1.29 is 4.79 Å². The molecule has 30 heavy (non-hydrogen) atoms. The summed E-state index contributed by atoms with van der Waals surface area (Å²) in [5.41, 5.74) is 3.81. The van der Waals surface area contributed by atoms with E-state index in [2.05, 4.69) is 46.4 Å². The zero-order valence-corrected chi connectivity index (χ0v) is 17.2. The summed E-state index contributed by atoms with van der Waals surface area (Å²) in [5.74, 6) is 0.157. The van der Waals surface area contributed by atoms with Crippen LogP contribution < -0.4 is 10.6 Å². The Bertz CT molecular complexity index is 1190. The highest BCUT2D eigenvalue weighted by molar-refractivity contribution is 6.04. The van der Waals surface area contributed by atoms with Gasteiger partial charge in [0.25, 0.3) is 5.91 Å². The number of aromatic nitrogens is 3. The van der Waals surface area contributed by atoms with Crippen molar-refractivity contribution in [3.05, 3.63) is 84.3 Å². The predicted octanol–water partition coefficient (Wildman–Crippen LogP) is 5.32. The van der Waals surface area contributed by atoms with Crippen molar-refractivity contribution in [3.63, 3.8) is 0 Å². The van der Waals surface area contributed by atoms with E-state index in [1.165, 1.54) is 12.4 Å². The number of fused-ring (bicyclic) bond motifs is 1. The fraction of sp³-hybridized carbons (Fsp3) is 0.167. The Labute approximate surface area is 175 Å². The first kappa shape index (κ1) is 19.5. The minimum absolute atomic E-state index is 0.0827. The first-order valence-corrected chi connectivity index (χ1v) is 9.75. The first-order chi connectivity index (χ1) is 14.4. The molecule has 150 valence electrons. The van der Waals surface area contributed by atoms with Crippen molar-refractivity contribution in [1.29, 1.82) is 0 Å². The van der Waals surface area contributed by atoms with Crippen LogP contribution in [0, 0.1) is 0 Å². The molecule has 1 amide bonds. The van der Waals surface area contributed by atoms with Gasteiger partial charge in [-0.25, -0.2) is 9.97 Å². The highest BCUT2D eigenvalue weighted by atomic mass is 16.1. The van der Waals surface area contributed by atoms with E-state index in [1.54, 1.807) is 6.20 Å². The minimum Gasteiger partial charge on any atom is -0.322 e. The van der Waals surface area contributed by atoms with Crippen LogP contribution in [0.5, 0.6) is 0 Å². The van der Waals surface area contributed by atoms with Crippen molar-refractivity contribution in [2.75, 3.05) is 10.6 Å². The molecule has 0 aliphatic carbocycles. The van der Waals surface area contributed by atoms with E-state index < -0.39 is 0 Å². The summed E-state index contributed by atoms with van der Waals surface area (Å²) in [6.07, 6.45) is 4.78. The van der Waals surface area contributed by atoms with Gasteiger partial charge in [0, 0.05) is 29.7 Å². The van der Waals surface area contributed by atoms with E-state index in [1.807, 2.05) is 54.6 Å². The molecule has 0 spiro atoms. The molecular formula is C24H23N5O. The molecule has 0 radical (unpaired) electrons. The zero-order valence-electron chi connectivity index (χ0n) is 17.2. The van der Waals surface area contributed by atoms with E-state index in [-0.39, 0.29) is 11.3 Å². The van der Waals surface area contributed by atoms with Crippen LogP contribution >= 0.6 is 0 Å². The third-order valence-electron chi connectivity index (χ3n) is 4.78. The van der Waals surface area contributed by atoms with Gasteiger partial charge in [0.15, 0.2) is 0 Å². The lowest BCUT2D eigenvalue weighted by Crippen LogP contribution is -2.19. The van der Waals surface area contributed by atoms with E-state index in [4.69, 9.17) is 0 Å². The summed E-state index contributed by atoms with van der Waals surface area (Å²) in [7, 11) is 0. The van der Waals surface area contributed by atoms with Crippen LogP contribution in [0.1, 0.15) is 36.7 Å². The highest BCUT2D eigenvalue weighted by Crippen LogP contribution is 2.29. The predicted molar refractivity (Wildman–Crippen MR) is 120 cm³/mol. The van der Waals surface area contributed by atoms with E-state index >= 15 is 0 Å². The summed E-state index contributed by atoms with van der Waals surface area (Å²) in [4.78, 5) is 25.7. The molecule has 2 N–H and O–H groups in total. The summed E-state index contributed by atoms with van der Waals surface area (Å²) in [6, 6.07) is 17.6. The number of hydrogen-bond acceptors (Lipinski definition) is 5. The normalized spacial score (nSPS) is 11.3. The van der Waals surface area contributed by atoms with Crippen LogP contribution in [0.25, 0.3) is 10.9 Å². The molecule has 2 heterocycles. The fourth-order valence-electron chi connectivity index (χ4n) is 3.28. The smallest absolute Gasteiger partial charge is 0.258 e. The fourth-order valence-corrected chi connectivity index (χ4v) is 3.28. The molecule has 0 saturated heterocycles. The number of anilines is 3. The Morgan fingerprint density at radius 2 is 1.53 bits per heavy atom. The summed E-state index contributed by atoms with van der Waals surface area (Å²) in [5, 5.41) is 7.18. The number of nitrogens with zero attached hydrogens (tertiary/aromatic N) is 3. The average Bonchev–Trinajstić information content (AvgIpc) is 2.74. The summed E-state index contributed by atoms with van der Waals surface area (Å²) >= 11 is 0. The van der Waals surface area contributed by atoms with Crippen molar-refractivity contribution in [2.24, 2.45) is 0 Å². The Kier molecular flexibility index (Phi) is 5.14. The van der Waals surface area contributed by atoms with Gasteiger partial charge < -0.3 is 10.6 Å². The molecule has 2 aromatic carbocycles. The molecule has 6 heteroatoms. The summed E-state index contributed by atoms with van der Waals surface area (Å²) < 4.78 is 0. The number of amides is 1. The maximum Gasteiger partial charge on any atom is 0.258 e. The second-order valence-electron chi connectivity index (χ2n) is 8.05. The van der Waals surface area contributed by atoms with Crippen molar-refractivity contribution in [2.45, 2.75) is 26.2 Å². The van der Waals surface area contributed by atoms with E-state index in [0.717, 1.165) is 27.8 Å². The van der Waals surface area contributed by atoms with Gasteiger partial charge in [-0.3, -0.25) is 9.78 Å². The number of rotatable bonds is 4. The Morgan fingerprint density at radius 1 is 0.833 bits per heavy atom. The maximum absolute atomic E-state index is 12.7. The number of nitrogens with one attached hydrogen (secondary N) is 2. The average molecular weight is 397 g/mol. The molecule has 0 aliphatic heterocycles. The van der Waals surface area contributed by atoms with Crippen LogP contribution in [-0.2, 0) is 5.41 Å². The molecule has 0 aliphatic rings. The molecule has 0 fully saturated rings. The van der Waals surface area contributed by atoms with Gasteiger partial charge in [-0.15, -0.1) is 0 Å². The van der Waals surface area contributed by atoms with Crippen molar-refractivity contribution in [3.8, 4) is 0 Å². The molecule has 0 bridgehead atoms. The molecule has 0 saturated carbocycles. The number of pyridine rings is 1. The quantitative estimate of drug-likeness (QED) is 0.487. The molecule has 4 rings (SSSR count). The van der Waals surface area contributed by atoms with E-state index in [9.17, 15) is 4.79 Å². The SMILES string of the molecule is CC(C)(C)c1ccccc1NC(=O)c1cnc(Nc2cccc3cccnc23)nc1. The second kappa shape index (κ2) is 7.91. The van der Waals surface area contributed by atoms with Crippen LogP contribution in [0.3, 0.4) is 0 Å². The third-order valence-corrected chi connectivity index (χ3v) is 4.78. The van der Waals surface area contributed by atoms with Gasteiger partial charge in [-0.05, 0) is 29.2 Å². The van der Waals surface area contributed by atoms with Gasteiger partial charge in [0.2, 0.25) is 5.95 Å². The Hall–Kier alpha value is -3.80. The lowest BCUT2D eigenvalue weighted by molar-refractivity contribution is 0.102. The monoisotopic (exact) mass is 397 g/mol. The number of carbonyl (C=O) groups excluding carboxylic acids is 1. The number of para-hydroxylation sites is 2. The molecular weight excluding hydrogens is 374 g/mol. The maximum atomic E-state index is 12.7. The molecule has 0 atom stereocenters. The number of hydrogen-bond donors (Lipinski definition) is 2. The topological polar surface area (TPSA) is 79.8 Å². The first-order valence-electron chi connectivity index (χ1n) is 9.75. The van der Waals surface area contributed by atoms with Crippen molar-refractivity contribution in [1.82, 2.24) is 15.0 Å². The van der Waals surface area contributed by atoms with Gasteiger partial charge in [0.05, 0.1) is 16.8 Å². The van der Waals surface area contributed by atoms with Gasteiger partial charge >= 0.3 is 0 Å². The lowest BCUT2D eigenvalue weighted by atomic mass is 9.86. The van der Waals surface area contributed by atoms with Crippen LogP contribution in [0.15, 0.2) is 73.2 Å². The second-order valence-corrected chi connectivity index (χ2v) is 8.05. The van der Waals surface area contributed by atoms with Crippen LogP contribution in [0.2, 0.25) is 0 Å².